The highest BCUT2D eigenvalue weighted by Crippen LogP contribution is 2.25. The zero-order valence-corrected chi connectivity index (χ0v) is 24.9. The quantitative estimate of drug-likeness (QED) is 0.210. The molecular weight excluding hydrogens is 498 g/mol. The molecule has 1 aromatic carbocycles. The fourth-order valence-electron chi connectivity index (χ4n) is 4.36. The third-order valence-corrected chi connectivity index (χ3v) is 6.72. The lowest BCUT2D eigenvalue weighted by Crippen LogP contribution is -2.51. The molecule has 0 saturated carbocycles. The molecule has 3 N–H and O–H groups in total. The molecule has 1 rings (SSSR count). The minimum Gasteiger partial charge on any atom is -0.497 e. The number of nitrogens with zero attached hydrogens (tertiary/aromatic N) is 1. The Hall–Kier alpha value is -2.81. The molecule has 39 heavy (non-hydrogen) atoms. The molecule has 0 spiro atoms. The van der Waals surface area contributed by atoms with Gasteiger partial charge in [-0.1, -0.05) is 52.9 Å². The highest BCUT2D eigenvalue weighted by Gasteiger charge is 2.24. The summed E-state index contributed by atoms with van der Waals surface area (Å²) in [5.74, 6) is 0.921. The Morgan fingerprint density at radius 3 is 2.28 bits per heavy atom. The van der Waals surface area contributed by atoms with Crippen molar-refractivity contribution in [2.75, 3.05) is 27.9 Å². The summed E-state index contributed by atoms with van der Waals surface area (Å²) in [6.07, 6.45) is 7.86. The van der Waals surface area contributed by atoms with Gasteiger partial charge in [-0.05, 0) is 37.3 Å². The topological polar surface area (TPSA) is 117 Å². The smallest absolute Gasteiger partial charge is 0.242 e. The van der Waals surface area contributed by atoms with Gasteiger partial charge in [-0.2, -0.15) is 0 Å². The SMILES string of the molecule is CCCCCCCCC(=O)NC(CC(C)C)C(=O)NC(CO)CCC(=O)N(C)Cc1ccc(OC)cc1OC. The van der Waals surface area contributed by atoms with Crippen LogP contribution in [0.15, 0.2) is 18.2 Å². The van der Waals surface area contributed by atoms with Crippen LogP contribution in [0.2, 0.25) is 0 Å². The van der Waals surface area contributed by atoms with Gasteiger partial charge in [0.25, 0.3) is 0 Å². The maximum absolute atomic E-state index is 13.0. The van der Waals surface area contributed by atoms with E-state index in [9.17, 15) is 19.5 Å². The minimum absolute atomic E-state index is 0.119. The zero-order valence-electron chi connectivity index (χ0n) is 24.9. The summed E-state index contributed by atoms with van der Waals surface area (Å²) in [5, 5.41) is 15.6. The van der Waals surface area contributed by atoms with Crippen LogP contribution in [0.5, 0.6) is 11.5 Å². The van der Waals surface area contributed by atoms with Crippen molar-refractivity contribution in [3.05, 3.63) is 23.8 Å². The average Bonchev–Trinajstić information content (AvgIpc) is 2.91. The fourth-order valence-corrected chi connectivity index (χ4v) is 4.36. The van der Waals surface area contributed by atoms with Crippen molar-refractivity contribution in [3.8, 4) is 11.5 Å². The Labute approximate surface area is 235 Å². The molecule has 0 fully saturated rings. The summed E-state index contributed by atoms with van der Waals surface area (Å²) in [5.41, 5.74) is 0.842. The summed E-state index contributed by atoms with van der Waals surface area (Å²) in [4.78, 5) is 39.9. The molecular formula is C30H51N3O6. The van der Waals surface area contributed by atoms with Crippen LogP contribution in [0.4, 0.5) is 0 Å². The maximum Gasteiger partial charge on any atom is 0.242 e. The minimum atomic E-state index is -0.674. The van der Waals surface area contributed by atoms with Crippen molar-refractivity contribution in [2.24, 2.45) is 5.92 Å². The van der Waals surface area contributed by atoms with Gasteiger partial charge in [-0.25, -0.2) is 0 Å². The van der Waals surface area contributed by atoms with Gasteiger partial charge in [0.1, 0.15) is 17.5 Å². The number of carbonyl (C=O) groups is 3. The molecule has 0 aromatic heterocycles. The van der Waals surface area contributed by atoms with Crippen LogP contribution in [0.25, 0.3) is 0 Å². The molecule has 0 heterocycles. The van der Waals surface area contributed by atoms with Crippen molar-refractivity contribution < 1.29 is 29.0 Å². The normalized spacial score (nSPS) is 12.5. The van der Waals surface area contributed by atoms with E-state index in [1.807, 2.05) is 26.0 Å². The standard InChI is InChI=1S/C30H51N3O6/c1-7-8-9-10-11-12-13-28(35)32-26(18-22(2)3)30(37)31-24(21-34)15-17-29(36)33(4)20-23-14-16-25(38-5)19-27(23)39-6/h14,16,19,22,24,26,34H,7-13,15,17-18,20-21H2,1-6H3,(H,31,37)(H,32,35). The predicted octanol–water partition coefficient (Wildman–Crippen LogP) is 4.20. The Morgan fingerprint density at radius 2 is 1.67 bits per heavy atom. The van der Waals surface area contributed by atoms with E-state index in [-0.39, 0.29) is 43.1 Å². The number of benzene rings is 1. The number of amides is 3. The first-order valence-electron chi connectivity index (χ1n) is 14.3. The largest absolute Gasteiger partial charge is 0.497 e. The van der Waals surface area contributed by atoms with E-state index < -0.39 is 12.1 Å². The van der Waals surface area contributed by atoms with Gasteiger partial charge in [0.15, 0.2) is 0 Å². The first-order chi connectivity index (χ1) is 18.6. The highest BCUT2D eigenvalue weighted by molar-refractivity contribution is 5.87. The number of ether oxygens (including phenoxy) is 2. The van der Waals surface area contributed by atoms with E-state index in [2.05, 4.69) is 17.6 Å². The Bertz CT molecular complexity index is 876. The lowest BCUT2D eigenvalue weighted by molar-refractivity contribution is -0.131. The first kappa shape index (κ1) is 34.2. The molecule has 1 aromatic rings. The number of hydrogen-bond donors (Lipinski definition) is 3. The highest BCUT2D eigenvalue weighted by atomic mass is 16.5. The maximum atomic E-state index is 13.0. The van der Waals surface area contributed by atoms with Crippen molar-refractivity contribution in [3.63, 3.8) is 0 Å². The number of rotatable bonds is 20. The van der Waals surface area contributed by atoms with E-state index in [1.165, 1.54) is 19.3 Å². The van der Waals surface area contributed by atoms with Gasteiger partial charge < -0.3 is 30.1 Å². The fraction of sp³-hybridized carbons (Fsp3) is 0.700. The van der Waals surface area contributed by atoms with E-state index in [0.29, 0.717) is 30.9 Å². The molecule has 9 heteroatoms. The van der Waals surface area contributed by atoms with Crippen molar-refractivity contribution in [1.82, 2.24) is 15.5 Å². The molecule has 2 atom stereocenters. The van der Waals surface area contributed by atoms with Crippen molar-refractivity contribution in [1.29, 1.82) is 0 Å². The molecule has 0 bridgehead atoms. The van der Waals surface area contributed by atoms with Crippen LogP contribution in [0, 0.1) is 5.92 Å². The van der Waals surface area contributed by atoms with Crippen molar-refractivity contribution in [2.45, 2.75) is 104 Å². The van der Waals surface area contributed by atoms with Crippen LogP contribution in [0.3, 0.4) is 0 Å². The number of hydrogen-bond acceptors (Lipinski definition) is 6. The lowest BCUT2D eigenvalue weighted by atomic mass is 10.0. The summed E-state index contributed by atoms with van der Waals surface area (Å²) in [7, 11) is 4.85. The number of methoxy groups -OCH3 is 2. The molecule has 9 nitrogen and oxygen atoms in total. The van der Waals surface area contributed by atoms with Gasteiger partial charge >= 0.3 is 0 Å². The second-order valence-electron chi connectivity index (χ2n) is 10.6. The Morgan fingerprint density at radius 1 is 0.974 bits per heavy atom. The van der Waals surface area contributed by atoms with E-state index in [0.717, 1.165) is 24.8 Å². The second kappa shape index (κ2) is 19.3. The third kappa shape index (κ3) is 13.7. The summed E-state index contributed by atoms with van der Waals surface area (Å²) < 4.78 is 10.6. The van der Waals surface area contributed by atoms with Gasteiger partial charge in [0.2, 0.25) is 17.7 Å². The Kier molecular flexibility index (Phi) is 16.9. The average molecular weight is 550 g/mol. The number of carbonyl (C=O) groups excluding carboxylic acids is 3. The van der Waals surface area contributed by atoms with Crippen LogP contribution in [0.1, 0.15) is 90.5 Å². The molecule has 0 radical (unpaired) electrons. The number of unbranched alkanes of at least 4 members (excludes halogenated alkanes) is 5. The second-order valence-corrected chi connectivity index (χ2v) is 10.6. The third-order valence-electron chi connectivity index (χ3n) is 6.72. The number of aliphatic hydroxyl groups excluding tert-OH is 1. The van der Waals surface area contributed by atoms with Gasteiger partial charge in [-0.15, -0.1) is 0 Å². The van der Waals surface area contributed by atoms with Crippen molar-refractivity contribution >= 4 is 17.7 Å². The summed E-state index contributed by atoms with van der Waals surface area (Å²) in [6, 6.07) is 4.18. The Balaban J connectivity index is 2.61. The van der Waals surface area contributed by atoms with Crippen LogP contribution in [-0.4, -0.2) is 67.7 Å². The van der Waals surface area contributed by atoms with Gasteiger partial charge in [0, 0.05) is 38.1 Å². The zero-order chi connectivity index (χ0) is 29.2. The van der Waals surface area contributed by atoms with Crippen LogP contribution in [-0.2, 0) is 20.9 Å². The molecule has 3 amide bonds. The van der Waals surface area contributed by atoms with Gasteiger partial charge in [-0.3, -0.25) is 14.4 Å². The lowest BCUT2D eigenvalue weighted by Gasteiger charge is -2.24. The van der Waals surface area contributed by atoms with Crippen LogP contribution < -0.4 is 20.1 Å². The molecule has 0 saturated heterocycles. The molecule has 0 aliphatic carbocycles. The predicted molar refractivity (Wildman–Crippen MR) is 154 cm³/mol. The monoisotopic (exact) mass is 549 g/mol. The first-order valence-corrected chi connectivity index (χ1v) is 14.3. The number of nitrogens with one attached hydrogen (secondary N) is 2. The molecule has 222 valence electrons. The number of aliphatic hydroxyl groups is 1. The molecule has 0 aliphatic heterocycles. The van der Waals surface area contributed by atoms with E-state index in [4.69, 9.17) is 9.47 Å². The molecule has 2 unspecified atom stereocenters. The van der Waals surface area contributed by atoms with Crippen LogP contribution >= 0.6 is 0 Å². The molecule has 0 aliphatic rings. The van der Waals surface area contributed by atoms with Gasteiger partial charge in [0.05, 0.1) is 26.9 Å². The van der Waals surface area contributed by atoms with E-state index >= 15 is 0 Å². The van der Waals surface area contributed by atoms with E-state index in [1.54, 1.807) is 32.2 Å². The summed E-state index contributed by atoms with van der Waals surface area (Å²) >= 11 is 0. The summed E-state index contributed by atoms with van der Waals surface area (Å²) in [6.45, 7) is 6.22.